The fourth-order valence-electron chi connectivity index (χ4n) is 18.6. The SMILES string of the molecule is c1ccc(-c2nc(-c3cccc(-c4ccc5c(c4)C4(c6ccccc6O5)c5ccccc5-c5ccccc54)c3)nc(-c3ccc4c(c3)oc3ccc(-c5ccc6c(c5)[C@@]5(c7ccccc7Oc7ccc(-c8cccc(-c9nc(-c%10ccccc%10)nc(-c%10ccc%11c(c%10)sc%10ccccc%10%11)n9)c8)cc75)c5ccccc5-6)cc34)n2)cc1. The number of furan rings is 1. The molecule has 2 spiro atoms. The zero-order chi connectivity index (χ0) is 74.7. The minimum absolute atomic E-state index is 0.534. The Labute approximate surface area is 659 Å². The van der Waals surface area contributed by atoms with Gasteiger partial charge in [0.2, 0.25) is 0 Å². The summed E-state index contributed by atoms with van der Waals surface area (Å²) in [6, 6.07) is 129. The summed E-state index contributed by atoms with van der Waals surface area (Å²) in [5.41, 5.74) is 25.8. The van der Waals surface area contributed by atoms with E-state index in [-0.39, 0.29) is 0 Å². The van der Waals surface area contributed by atoms with E-state index >= 15 is 0 Å². The first-order chi connectivity index (χ1) is 56.4. The van der Waals surface area contributed by atoms with E-state index in [0.717, 1.165) is 134 Å². The van der Waals surface area contributed by atoms with Gasteiger partial charge in [0.05, 0.1) is 10.8 Å². The first-order valence-electron chi connectivity index (χ1n) is 38.4. The van der Waals surface area contributed by atoms with E-state index in [2.05, 4.69) is 315 Å². The molecule has 0 bridgehead atoms. The Morgan fingerprint density at radius 2 is 0.553 bits per heavy atom. The first kappa shape index (κ1) is 64.0. The zero-order valence-corrected chi connectivity index (χ0v) is 61.8. The number of fused-ring (bicyclic) bond motifs is 24. The van der Waals surface area contributed by atoms with Gasteiger partial charge in [-0.15, -0.1) is 11.3 Å². The Morgan fingerprint density at radius 1 is 0.193 bits per heavy atom. The quantitative estimate of drug-likeness (QED) is 0.140. The van der Waals surface area contributed by atoms with Gasteiger partial charge < -0.3 is 13.9 Å². The van der Waals surface area contributed by atoms with Gasteiger partial charge in [-0.25, -0.2) is 29.9 Å². The van der Waals surface area contributed by atoms with Gasteiger partial charge in [0.25, 0.3) is 0 Å². The van der Waals surface area contributed by atoms with Crippen LogP contribution < -0.4 is 9.47 Å². The van der Waals surface area contributed by atoms with Crippen molar-refractivity contribution in [2.45, 2.75) is 10.8 Å². The normalized spacial score (nSPS) is 14.2. The zero-order valence-electron chi connectivity index (χ0n) is 61.0. The average Bonchev–Trinajstić information content (AvgIpc) is 1.49. The Bertz CT molecular complexity index is 7430. The van der Waals surface area contributed by atoms with Crippen LogP contribution in [0.25, 0.3) is 166 Å². The fourth-order valence-corrected chi connectivity index (χ4v) is 19.8. The van der Waals surface area contributed by atoms with Crippen molar-refractivity contribution >= 4 is 53.4 Å². The van der Waals surface area contributed by atoms with Crippen LogP contribution in [0.3, 0.4) is 0 Å². The molecular formula is C104H60N6O3S. The van der Waals surface area contributed by atoms with E-state index in [4.69, 9.17) is 43.8 Å². The van der Waals surface area contributed by atoms with Gasteiger partial charge in [-0.3, -0.25) is 0 Å². The highest BCUT2D eigenvalue weighted by atomic mass is 32.1. The van der Waals surface area contributed by atoms with Crippen molar-refractivity contribution < 1.29 is 13.9 Å². The maximum absolute atomic E-state index is 7.03. The number of ether oxygens (including phenoxy) is 2. The van der Waals surface area contributed by atoms with Crippen molar-refractivity contribution in [3.8, 4) is 147 Å². The molecule has 530 valence electrons. The van der Waals surface area contributed by atoms with Gasteiger partial charge in [-0.1, -0.05) is 273 Å². The smallest absolute Gasteiger partial charge is 0.164 e. The summed E-state index contributed by atoms with van der Waals surface area (Å²) < 4.78 is 23.2. The number of nitrogens with zero attached hydrogens (tertiary/aromatic N) is 6. The monoisotopic (exact) mass is 1470 g/mol. The van der Waals surface area contributed by atoms with E-state index < -0.39 is 10.8 Å². The number of para-hydroxylation sites is 2. The van der Waals surface area contributed by atoms with Crippen LogP contribution in [-0.4, -0.2) is 29.9 Å². The van der Waals surface area contributed by atoms with Gasteiger partial charge >= 0.3 is 0 Å². The molecule has 4 aliphatic rings. The number of hydrogen-bond donors (Lipinski definition) is 0. The van der Waals surface area contributed by atoms with Crippen molar-refractivity contribution in [3.63, 3.8) is 0 Å². The average molecular weight is 1470 g/mol. The van der Waals surface area contributed by atoms with Crippen molar-refractivity contribution in [3.05, 3.63) is 408 Å². The molecule has 0 amide bonds. The molecule has 1 atom stereocenters. The van der Waals surface area contributed by atoms with E-state index in [0.29, 0.717) is 34.9 Å². The summed E-state index contributed by atoms with van der Waals surface area (Å²) in [7, 11) is 0. The topological polar surface area (TPSA) is 109 Å². The maximum Gasteiger partial charge on any atom is 0.164 e. The first-order valence-corrected chi connectivity index (χ1v) is 39.2. The molecule has 0 radical (unpaired) electrons. The Hall–Kier alpha value is -14.8. The number of benzene rings is 16. The summed E-state index contributed by atoms with van der Waals surface area (Å²) >= 11 is 1.79. The molecule has 24 rings (SSSR count). The largest absolute Gasteiger partial charge is 0.457 e. The molecule has 9 nitrogen and oxygen atoms in total. The third-order valence-corrected chi connectivity index (χ3v) is 24.9. The highest BCUT2D eigenvalue weighted by molar-refractivity contribution is 7.25. The lowest BCUT2D eigenvalue weighted by Gasteiger charge is -2.39. The number of aromatic nitrogens is 6. The number of rotatable bonds is 9. The molecule has 0 unspecified atom stereocenters. The predicted octanol–water partition coefficient (Wildman–Crippen LogP) is 26.3. The molecule has 4 aromatic heterocycles. The predicted molar refractivity (Wildman–Crippen MR) is 457 cm³/mol. The molecular weight excluding hydrogens is 1410 g/mol. The highest BCUT2D eigenvalue weighted by Gasteiger charge is 2.53. The lowest BCUT2D eigenvalue weighted by atomic mass is 9.65. The number of hydrogen-bond acceptors (Lipinski definition) is 10. The molecule has 20 aromatic rings. The molecule has 2 aliphatic heterocycles. The van der Waals surface area contributed by atoms with Crippen molar-refractivity contribution in [2.75, 3.05) is 0 Å². The Balaban J connectivity index is 0.588. The second-order valence-corrected chi connectivity index (χ2v) is 30.9. The summed E-state index contributed by atoms with van der Waals surface area (Å²) in [6.07, 6.45) is 0. The fraction of sp³-hybridized carbons (Fsp3) is 0.0192. The molecule has 114 heavy (non-hydrogen) atoms. The molecule has 10 heteroatoms. The minimum Gasteiger partial charge on any atom is -0.457 e. The standard InChI is InChI=1S/C104H60N6O3S/c1-3-21-61(22-4-1)97-105-99(69-27-19-25-63(53-69)67-45-51-92-87(57-67)103(84-36-14-16-38-90(84)112-92)81-33-11-7-29-73(81)74-30-8-12-34-82(74)103)109-101(107-97)71-42-48-77-80-55-65(44-50-89(80)111-94(77)59-71)66-41-47-76-75-31-9-13-35-83(75)104(86(76)56-66)85-37-15-17-39-91(85)113-93-52-46-68(58-88(93)104)64-26-20-28-70(54-64)100-106-98(62-23-5-2-6-24-62)108-102(110-100)72-43-49-79-78-32-10-18-40-95(78)114-96(79)60-72/h1-60H/t104-/m0/s1. The molecule has 16 aromatic carbocycles. The molecule has 6 heterocycles. The highest BCUT2D eigenvalue weighted by Crippen LogP contribution is 2.65. The molecule has 0 saturated carbocycles. The van der Waals surface area contributed by atoms with Gasteiger partial charge in [0.1, 0.15) is 34.2 Å². The van der Waals surface area contributed by atoms with Crippen molar-refractivity contribution in [1.82, 2.24) is 29.9 Å². The molecule has 2 aliphatic carbocycles. The lowest BCUT2D eigenvalue weighted by molar-refractivity contribution is 0.436. The molecule has 0 N–H and O–H groups in total. The van der Waals surface area contributed by atoms with Gasteiger partial charge in [-0.05, 0) is 169 Å². The van der Waals surface area contributed by atoms with Crippen LogP contribution in [0.1, 0.15) is 44.5 Å². The molecule has 0 fully saturated rings. The van der Waals surface area contributed by atoms with Crippen molar-refractivity contribution in [1.29, 1.82) is 0 Å². The van der Waals surface area contributed by atoms with E-state index in [1.54, 1.807) is 11.3 Å². The van der Waals surface area contributed by atoms with Gasteiger partial charge in [0, 0.05) is 86.6 Å². The Morgan fingerprint density at radius 3 is 1.11 bits per heavy atom. The van der Waals surface area contributed by atoms with Crippen LogP contribution in [0, 0.1) is 0 Å². The van der Waals surface area contributed by atoms with Crippen LogP contribution in [0.4, 0.5) is 0 Å². The van der Waals surface area contributed by atoms with Crippen LogP contribution in [0.15, 0.2) is 368 Å². The van der Waals surface area contributed by atoms with E-state index in [1.165, 1.54) is 64.7 Å². The number of thiophene rings is 1. The third-order valence-electron chi connectivity index (χ3n) is 23.7. The molecule has 0 saturated heterocycles. The van der Waals surface area contributed by atoms with Gasteiger partial charge in [0.15, 0.2) is 34.9 Å². The second-order valence-electron chi connectivity index (χ2n) is 29.9. The van der Waals surface area contributed by atoms with Crippen molar-refractivity contribution in [2.24, 2.45) is 0 Å². The summed E-state index contributed by atoms with van der Waals surface area (Å²) in [4.78, 5) is 31.4. The lowest BCUT2D eigenvalue weighted by Crippen LogP contribution is -2.32. The van der Waals surface area contributed by atoms with Crippen LogP contribution in [-0.2, 0) is 10.8 Å². The summed E-state index contributed by atoms with van der Waals surface area (Å²) in [5.74, 6) is 6.81. The maximum atomic E-state index is 7.03. The van der Waals surface area contributed by atoms with Crippen LogP contribution >= 0.6 is 11.3 Å². The van der Waals surface area contributed by atoms with Crippen LogP contribution in [0.2, 0.25) is 0 Å². The minimum atomic E-state index is -0.768. The third kappa shape index (κ3) is 9.65. The summed E-state index contributed by atoms with van der Waals surface area (Å²) in [6.45, 7) is 0. The summed E-state index contributed by atoms with van der Waals surface area (Å²) in [5, 5.41) is 4.46. The Kier molecular flexibility index (Phi) is 13.9. The second kappa shape index (κ2) is 24.8. The van der Waals surface area contributed by atoms with E-state index in [9.17, 15) is 0 Å². The van der Waals surface area contributed by atoms with E-state index in [1.807, 2.05) is 48.5 Å². The van der Waals surface area contributed by atoms with Crippen LogP contribution in [0.5, 0.6) is 23.0 Å². The van der Waals surface area contributed by atoms with Gasteiger partial charge in [-0.2, -0.15) is 0 Å².